The fraction of sp³-hybridized carbons (Fsp3) is 0.250. The lowest BCUT2D eigenvalue weighted by atomic mass is 9.76. The molecule has 0 spiro atoms. The summed E-state index contributed by atoms with van der Waals surface area (Å²) in [5.41, 5.74) is -0.854. The van der Waals surface area contributed by atoms with Crippen molar-refractivity contribution in [3.63, 3.8) is 0 Å². The van der Waals surface area contributed by atoms with Crippen LogP contribution in [0.25, 0.3) is 15.8 Å². The van der Waals surface area contributed by atoms with Crippen LogP contribution in [0.5, 0.6) is 0 Å². The first kappa shape index (κ1) is 20.2. The third kappa shape index (κ3) is 3.73. The molecule has 7 heteroatoms. The van der Waals surface area contributed by atoms with Crippen LogP contribution in [0.1, 0.15) is 29.3 Å². The molecule has 0 aliphatic rings. The Bertz CT molecular complexity index is 1010. The molecule has 1 atom stereocenters. The second-order valence-electron chi connectivity index (χ2n) is 6.68. The number of alkyl halides is 3. The number of hydrogen-bond donors (Lipinski definition) is 0. The van der Waals surface area contributed by atoms with Gasteiger partial charge in [0.2, 0.25) is 0 Å². The Morgan fingerprint density at radius 2 is 1.81 bits per heavy atom. The molecule has 1 nitrogen and oxygen atoms in total. The lowest BCUT2D eigenvalue weighted by molar-refractivity contribution is -0.184. The minimum Gasteiger partial charge on any atom is -0.245 e. The number of benzene rings is 1. The number of allylic oxidation sites excluding steroid dienone is 1. The summed E-state index contributed by atoms with van der Waals surface area (Å²) in [4.78, 5) is 5.80. The summed E-state index contributed by atoms with van der Waals surface area (Å²) >= 11 is 13.3. The maximum absolute atomic E-state index is 14.1. The molecule has 27 heavy (non-hydrogen) atoms. The van der Waals surface area contributed by atoms with Crippen LogP contribution < -0.4 is 0 Å². The fourth-order valence-electron chi connectivity index (χ4n) is 3.14. The molecule has 1 aromatic carbocycles. The number of pyridine rings is 1. The molecule has 1 unspecified atom stereocenters. The van der Waals surface area contributed by atoms with Gasteiger partial charge in [0, 0.05) is 26.5 Å². The first-order chi connectivity index (χ1) is 12.5. The normalized spacial score (nSPS) is 14.3. The van der Waals surface area contributed by atoms with E-state index >= 15 is 0 Å². The monoisotopic (exact) mass is 429 g/mol. The fourth-order valence-corrected chi connectivity index (χ4v) is 4.78. The molecule has 3 rings (SSSR count). The van der Waals surface area contributed by atoms with E-state index in [1.54, 1.807) is 6.20 Å². The third-order valence-electron chi connectivity index (χ3n) is 4.73. The van der Waals surface area contributed by atoms with Crippen LogP contribution in [0.2, 0.25) is 10.0 Å². The minimum atomic E-state index is -4.51. The highest BCUT2D eigenvalue weighted by atomic mass is 35.5. The van der Waals surface area contributed by atoms with Gasteiger partial charge in [0.05, 0.1) is 5.41 Å². The molecule has 0 amide bonds. The van der Waals surface area contributed by atoms with Crippen molar-refractivity contribution in [2.75, 3.05) is 0 Å². The van der Waals surface area contributed by atoms with Gasteiger partial charge in [-0.1, -0.05) is 35.8 Å². The summed E-state index contributed by atoms with van der Waals surface area (Å²) in [5.74, 6) is 0. The molecule has 2 heterocycles. The molecule has 0 aliphatic carbocycles. The van der Waals surface area contributed by atoms with Crippen LogP contribution >= 0.6 is 34.5 Å². The molecule has 0 bridgehead atoms. The molecule has 2 aromatic heterocycles. The predicted octanol–water partition coefficient (Wildman–Crippen LogP) is 7.84. The molecule has 0 saturated heterocycles. The zero-order chi connectivity index (χ0) is 20.0. The number of fused-ring (bicyclic) bond motifs is 1. The third-order valence-corrected chi connectivity index (χ3v) is 6.48. The molecule has 0 radical (unpaired) electrons. The highest BCUT2D eigenvalue weighted by Gasteiger charge is 2.52. The largest absolute Gasteiger partial charge is 0.398 e. The van der Waals surface area contributed by atoms with E-state index in [1.165, 1.54) is 29.5 Å². The lowest BCUT2D eigenvalue weighted by Gasteiger charge is -2.33. The number of rotatable bonds is 4. The maximum atomic E-state index is 14.1. The van der Waals surface area contributed by atoms with Crippen LogP contribution in [-0.4, -0.2) is 11.2 Å². The SMILES string of the molecule is C=C(CC(C)(c1cc(Cl)cc(Cl)c1)C(F)(F)F)c1sc2ncccc2c1C. The van der Waals surface area contributed by atoms with Crippen molar-refractivity contribution < 1.29 is 13.2 Å². The molecule has 142 valence electrons. The zero-order valence-electron chi connectivity index (χ0n) is 14.6. The van der Waals surface area contributed by atoms with Crippen molar-refractivity contribution in [1.29, 1.82) is 0 Å². The number of thiophene rings is 1. The van der Waals surface area contributed by atoms with Crippen LogP contribution in [0.15, 0.2) is 43.1 Å². The van der Waals surface area contributed by atoms with Gasteiger partial charge in [-0.2, -0.15) is 13.2 Å². The van der Waals surface area contributed by atoms with E-state index in [9.17, 15) is 13.2 Å². The topological polar surface area (TPSA) is 12.9 Å². The van der Waals surface area contributed by atoms with E-state index < -0.39 is 11.6 Å². The van der Waals surface area contributed by atoms with Gasteiger partial charge in [0.1, 0.15) is 4.83 Å². The van der Waals surface area contributed by atoms with Crippen molar-refractivity contribution in [3.05, 3.63) is 69.2 Å². The zero-order valence-corrected chi connectivity index (χ0v) is 17.0. The Morgan fingerprint density at radius 1 is 1.19 bits per heavy atom. The quantitative estimate of drug-likeness (QED) is 0.411. The Hall–Kier alpha value is -1.56. The minimum absolute atomic E-state index is 0.0190. The Balaban J connectivity index is 2.06. The molecular weight excluding hydrogens is 414 g/mol. The summed E-state index contributed by atoms with van der Waals surface area (Å²) in [6.45, 7) is 7.00. The van der Waals surface area contributed by atoms with E-state index in [2.05, 4.69) is 11.6 Å². The van der Waals surface area contributed by atoms with Gasteiger partial charge >= 0.3 is 6.18 Å². The van der Waals surface area contributed by atoms with E-state index in [-0.39, 0.29) is 22.0 Å². The van der Waals surface area contributed by atoms with Crippen molar-refractivity contribution in [1.82, 2.24) is 4.98 Å². The Morgan fingerprint density at radius 3 is 2.37 bits per heavy atom. The van der Waals surface area contributed by atoms with Gasteiger partial charge in [0.25, 0.3) is 0 Å². The van der Waals surface area contributed by atoms with Crippen molar-refractivity contribution in [2.45, 2.75) is 31.9 Å². The summed E-state index contributed by atoms with van der Waals surface area (Å²) < 4.78 is 42.3. The maximum Gasteiger partial charge on any atom is 0.398 e. The first-order valence-corrected chi connectivity index (χ1v) is 9.66. The summed E-state index contributed by atoms with van der Waals surface area (Å²) in [7, 11) is 0. The smallest absolute Gasteiger partial charge is 0.245 e. The van der Waals surface area contributed by atoms with Crippen molar-refractivity contribution in [3.8, 4) is 0 Å². The molecule has 3 aromatic rings. The molecule has 0 fully saturated rings. The average Bonchev–Trinajstić information content (AvgIpc) is 2.90. The number of aryl methyl sites for hydroxylation is 1. The molecular formula is C20H16Cl2F3NS. The second kappa shape index (κ2) is 7.12. The van der Waals surface area contributed by atoms with E-state index in [1.807, 2.05) is 19.1 Å². The molecule has 0 N–H and O–H groups in total. The van der Waals surface area contributed by atoms with Crippen molar-refractivity contribution in [2.24, 2.45) is 0 Å². The van der Waals surface area contributed by atoms with Gasteiger partial charge in [0.15, 0.2) is 0 Å². The summed E-state index contributed by atoms with van der Waals surface area (Å²) in [5, 5.41) is 1.26. The lowest BCUT2D eigenvalue weighted by Crippen LogP contribution is -2.39. The van der Waals surface area contributed by atoms with Crippen LogP contribution in [0, 0.1) is 6.92 Å². The number of hydrogen-bond acceptors (Lipinski definition) is 2. The van der Waals surface area contributed by atoms with Gasteiger partial charge in [-0.3, -0.25) is 0 Å². The highest BCUT2D eigenvalue weighted by Crippen LogP contribution is 2.49. The van der Waals surface area contributed by atoms with Gasteiger partial charge in [-0.25, -0.2) is 4.98 Å². The molecule has 0 aliphatic heterocycles. The van der Waals surface area contributed by atoms with Crippen LogP contribution in [0.3, 0.4) is 0 Å². The Labute approximate surface area is 169 Å². The predicted molar refractivity (Wildman–Crippen MR) is 108 cm³/mol. The number of nitrogens with zero attached hydrogens (tertiary/aromatic N) is 1. The standard InChI is InChI=1S/C20H16Cl2F3NS/c1-11(17-12(2)16-5-4-6-26-18(16)27-17)10-19(3,20(23,24)25)13-7-14(21)9-15(22)8-13/h4-9H,1,10H2,2-3H3. The summed E-state index contributed by atoms with van der Waals surface area (Å²) in [6.07, 6.45) is -3.15. The van der Waals surface area contributed by atoms with E-state index in [4.69, 9.17) is 23.2 Å². The Kier molecular flexibility index (Phi) is 5.32. The first-order valence-electron chi connectivity index (χ1n) is 8.08. The van der Waals surface area contributed by atoms with Gasteiger partial charge in [-0.05, 0) is 61.2 Å². The van der Waals surface area contributed by atoms with Gasteiger partial charge in [-0.15, -0.1) is 11.3 Å². The molecule has 0 saturated carbocycles. The van der Waals surface area contributed by atoms with Crippen LogP contribution in [0.4, 0.5) is 13.2 Å². The summed E-state index contributed by atoms with van der Waals surface area (Å²) in [6, 6.07) is 7.76. The van der Waals surface area contributed by atoms with Crippen molar-refractivity contribution >= 4 is 50.3 Å². The van der Waals surface area contributed by atoms with E-state index in [0.717, 1.165) is 27.6 Å². The number of aromatic nitrogens is 1. The average molecular weight is 430 g/mol. The highest BCUT2D eigenvalue weighted by molar-refractivity contribution is 7.19. The second-order valence-corrected chi connectivity index (χ2v) is 8.55. The van der Waals surface area contributed by atoms with Gasteiger partial charge < -0.3 is 0 Å². The van der Waals surface area contributed by atoms with Crippen LogP contribution in [-0.2, 0) is 5.41 Å². The van der Waals surface area contributed by atoms with E-state index in [0.29, 0.717) is 5.57 Å². The number of halogens is 5.